The van der Waals surface area contributed by atoms with E-state index in [1.165, 1.54) is 12.1 Å². The van der Waals surface area contributed by atoms with E-state index in [0.717, 1.165) is 5.56 Å². The topological polar surface area (TPSA) is 26.3 Å². The molecule has 0 fully saturated rings. The van der Waals surface area contributed by atoms with Gasteiger partial charge in [-0.3, -0.25) is 4.79 Å². The SMILES string of the molecule is COc1ccc(C(=O)CCc2cc(F)cc(Cl)c2)cc1. The van der Waals surface area contributed by atoms with Crippen LogP contribution in [0.3, 0.4) is 0 Å². The second kappa shape index (κ2) is 6.53. The van der Waals surface area contributed by atoms with E-state index in [1.807, 2.05) is 0 Å². The summed E-state index contributed by atoms with van der Waals surface area (Å²) >= 11 is 5.78. The first-order valence-corrected chi connectivity index (χ1v) is 6.58. The third-order valence-electron chi connectivity index (χ3n) is 2.98. The van der Waals surface area contributed by atoms with Crippen molar-refractivity contribution in [3.8, 4) is 5.75 Å². The number of aryl methyl sites for hydroxylation is 1. The van der Waals surface area contributed by atoms with Gasteiger partial charge in [-0.15, -0.1) is 0 Å². The average Bonchev–Trinajstić information content (AvgIpc) is 2.44. The maximum absolute atomic E-state index is 13.2. The highest BCUT2D eigenvalue weighted by atomic mass is 35.5. The highest BCUT2D eigenvalue weighted by Gasteiger charge is 2.07. The molecule has 0 unspecified atom stereocenters. The maximum Gasteiger partial charge on any atom is 0.163 e. The first-order chi connectivity index (χ1) is 9.58. The minimum Gasteiger partial charge on any atom is -0.497 e. The van der Waals surface area contributed by atoms with Crippen molar-refractivity contribution < 1.29 is 13.9 Å². The Morgan fingerprint density at radius 3 is 2.50 bits per heavy atom. The molecule has 2 nitrogen and oxygen atoms in total. The van der Waals surface area contributed by atoms with Crippen molar-refractivity contribution in [2.75, 3.05) is 7.11 Å². The fourth-order valence-electron chi connectivity index (χ4n) is 1.93. The molecule has 4 heteroatoms. The summed E-state index contributed by atoms with van der Waals surface area (Å²) in [7, 11) is 1.57. The van der Waals surface area contributed by atoms with E-state index in [0.29, 0.717) is 29.2 Å². The molecule has 0 bridgehead atoms. The number of carbonyl (C=O) groups excluding carboxylic acids is 1. The van der Waals surface area contributed by atoms with Crippen LogP contribution >= 0.6 is 11.6 Å². The van der Waals surface area contributed by atoms with Crippen molar-refractivity contribution >= 4 is 17.4 Å². The molecule has 2 aromatic rings. The van der Waals surface area contributed by atoms with Gasteiger partial charge in [-0.25, -0.2) is 4.39 Å². The van der Waals surface area contributed by atoms with E-state index in [2.05, 4.69) is 0 Å². The van der Waals surface area contributed by atoms with E-state index in [9.17, 15) is 9.18 Å². The molecule has 0 heterocycles. The van der Waals surface area contributed by atoms with Crippen molar-refractivity contribution in [2.45, 2.75) is 12.8 Å². The van der Waals surface area contributed by atoms with Crippen LogP contribution in [0.5, 0.6) is 5.75 Å². The van der Waals surface area contributed by atoms with Gasteiger partial charge < -0.3 is 4.74 Å². The molecule has 0 saturated carbocycles. The predicted molar refractivity (Wildman–Crippen MR) is 77.1 cm³/mol. The summed E-state index contributed by atoms with van der Waals surface area (Å²) in [5.74, 6) is 0.330. The lowest BCUT2D eigenvalue weighted by molar-refractivity contribution is 0.0983. The molecule has 0 aliphatic heterocycles. The van der Waals surface area contributed by atoms with Crippen LogP contribution in [0.1, 0.15) is 22.3 Å². The minimum atomic E-state index is -0.385. The molecule has 104 valence electrons. The number of hydrogen-bond donors (Lipinski definition) is 0. The summed E-state index contributed by atoms with van der Waals surface area (Å²) < 4.78 is 18.2. The summed E-state index contributed by atoms with van der Waals surface area (Å²) in [6, 6.07) is 11.2. The molecular weight excluding hydrogens is 279 g/mol. The number of ether oxygens (including phenoxy) is 1. The Kier molecular flexibility index (Phi) is 4.74. The van der Waals surface area contributed by atoms with Gasteiger partial charge in [0.15, 0.2) is 5.78 Å². The average molecular weight is 293 g/mol. The van der Waals surface area contributed by atoms with Crippen LogP contribution in [0, 0.1) is 5.82 Å². The Labute approximate surface area is 122 Å². The molecule has 0 radical (unpaired) electrons. The Hall–Kier alpha value is -1.87. The zero-order chi connectivity index (χ0) is 14.5. The van der Waals surface area contributed by atoms with Gasteiger partial charge >= 0.3 is 0 Å². The second-order valence-corrected chi connectivity index (χ2v) is 4.87. The zero-order valence-corrected chi connectivity index (χ0v) is 11.8. The molecular formula is C16H14ClFO2. The molecule has 0 N–H and O–H groups in total. The van der Waals surface area contributed by atoms with Crippen LogP contribution in [-0.4, -0.2) is 12.9 Å². The number of halogens is 2. The molecule has 0 spiro atoms. The summed E-state index contributed by atoms with van der Waals surface area (Å²) in [5, 5.41) is 0.344. The Morgan fingerprint density at radius 1 is 1.20 bits per heavy atom. The van der Waals surface area contributed by atoms with Gasteiger partial charge in [0.1, 0.15) is 11.6 Å². The van der Waals surface area contributed by atoms with Gasteiger partial charge in [0.2, 0.25) is 0 Å². The van der Waals surface area contributed by atoms with Gasteiger partial charge in [-0.1, -0.05) is 11.6 Å². The highest BCUT2D eigenvalue weighted by Crippen LogP contribution is 2.17. The molecule has 0 atom stereocenters. The minimum absolute atomic E-state index is 0.00744. The number of hydrogen-bond acceptors (Lipinski definition) is 2. The van der Waals surface area contributed by atoms with Gasteiger partial charge in [-0.2, -0.15) is 0 Å². The van der Waals surface area contributed by atoms with Crippen molar-refractivity contribution in [1.29, 1.82) is 0 Å². The molecule has 2 rings (SSSR count). The predicted octanol–water partition coefficient (Wildman–Crippen LogP) is 4.30. The second-order valence-electron chi connectivity index (χ2n) is 4.43. The lowest BCUT2D eigenvalue weighted by atomic mass is 10.0. The lowest BCUT2D eigenvalue weighted by Gasteiger charge is -2.04. The quantitative estimate of drug-likeness (QED) is 0.768. The summed E-state index contributed by atoms with van der Waals surface area (Å²) in [6.45, 7) is 0. The number of benzene rings is 2. The third-order valence-corrected chi connectivity index (χ3v) is 3.19. The standard InChI is InChI=1S/C16H14ClFO2/c1-20-15-5-3-12(4-6-15)16(19)7-2-11-8-13(17)10-14(18)9-11/h3-6,8-10H,2,7H2,1H3. The van der Waals surface area contributed by atoms with Crippen molar-refractivity contribution in [3.05, 3.63) is 64.4 Å². The highest BCUT2D eigenvalue weighted by molar-refractivity contribution is 6.30. The molecule has 0 aromatic heterocycles. The summed E-state index contributed by atoms with van der Waals surface area (Å²) in [6.07, 6.45) is 0.772. The Balaban J connectivity index is 2.00. The van der Waals surface area contributed by atoms with Crippen molar-refractivity contribution in [1.82, 2.24) is 0 Å². The van der Waals surface area contributed by atoms with Crippen LogP contribution in [0.25, 0.3) is 0 Å². The van der Waals surface area contributed by atoms with E-state index < -0.39 is 0 Å². The van der Waals surface area contributed by atoms with Crippen molar-refractivity contribution in [2.24, 2.45) is 0 Å². The van der Waals surface area contributed by atoms with E-state index in [-0.39, 0.29) is 11.6 Å². The van der Waals surface area contributed by atoms with Crippen molar-refractivity contribution in [3.63, 3.8) is 0 Å². The maximum atomic E-state index is 13.2. The van der Waals surface area contributed by atoms with Crippen LogP contribution in [-0.2, 0) is 6.42 Å². The van der Waals surface area contributed by atoms with E-state index in [1.54, 1.807) is 37.4 Å². The Bertz CT molecular complexity index is 588. The largest absolute Gasteiger partial charge is 0.497 e. The first kappa shape index (κ1) is 14.5. The smallest absolute Gasteiger partial charge is 0.163 e. The number of carbonyl (C=O) groups is 1. The number of ketones is 1. The summed E-state index contributed by atoms with van der Waals surface area (Å²) in [5.41, 5.74) is 1.34. The molecule has 0 saturated heterocycles. The Morgan fingerprint density at radius 2 is 1.90 bits per heavy atom. The number of methoxy groups -OCH3 is 1. The van der Waals surface area contributed by atoms with Crippen LogP contribution in [0.2, 0.25) is 5.02 Å². The summed E-state index contributed by atoms with van der Waals surface area (Å²) in [4.78, 5) is 12.0. The van der Waals surface area contributed by atoms with Gasteiger partial charge in [0, 0.05) is 17.0 Å². The third kappa shape index (κ3) is 3.81. The monoisotopic (exact) mass is 292 g/mol. The molecule has 20 heavy (non-hydrogen) atoms. The van der Waals surface area contributed by atoms with Gasteiger partial charge in [-0.05, 0) is 54.4 Å². The number of Topliss-reactive ketones (excluding diaryl/α,β-unsaturated/α-hetero) is 1. The molecule has 0 aliphatic carbocycles. The normalized spacial score (nSPS) is 10.3. The van der Waals surface area contributed by atoms with Gasteiger partial charge in [0.25, 0.3) is 0 Å². The fourth-order valence-corrected chi connectivity index (χ4v) is 2.18. The number of rotatable bonds is 5. The van der Waals surface area contributed by atoms with Crippen LogP contribution < -0.4 is 4.74 Å². The first-order valence-electron chi connectivity index (χ1n) is 6.20. The van der Waals surface area contributed by atoms with E-state index >= 15 is 0 Å². The fraction of sp³-hybridized carbons (Fsp3) is 0.188. The molecule has 2 aromatic carbocycles. The molecule has 0 aliphatic rings. The van der Waals surface area contributed by atoms with E-state index in [4.69, 9.17) is 16.3 Å². The molecule has 0 amide bonds. The van der Waals surface area contributed by atoms with Gasteiger partial charge in [0.05, 0.1) is 7.11 Å². The zero-order valence-electron chi connectivity index (χ0n) is 11.0. The van der Waals surface area contributed by atoms with Crippen LogP contribution in [0.4, 0.5) is 4.39 Å². The lowest BCUT2D eigenvalue weighted by Crippen LogP contribution is -2.01. The van der Waals surface area contributed by atoms with Crippen LogP contribution in [0.15, 0.2) is 42.5 Å².